The Hall–Kier alpha value is 0.340. The van der Waals surface area contributed by atoms with E-state index in [0.29, 0.717) is 12.5 Å². The van der Waals surface area contributed by atoms with Crippen LogP contribution in [0.4, 0.5) is 0 Å². The Kier molecular flexibility index (Phi) is 3.39. The van der Waals surface area contributed by atoms with Crippen LogP contribution in [-0.2, 0) is 4.79 Å². The first-order valence-corrected chi connectivity index (χ1v) is 6.45. The van der Waals surface area contributed by atoms with Crippen LogP contribution in [0.3, 0.4) is 0 Å². The maximum absolute atomic E-state index is 11.3. The van der Waals surface area contributed by atoms with Crippen LogP contribution in [0.25, 0.3) is 0 Å². The zero-order valence-corrected chi connectivity index (χ0v) is 10.6. The summed E-state index contributed by atoms with van der Waals surface area (Å²) in [5, 5.41) is 2.71. The van der Waals surface area contributed by atoms with E-state index >= 15 is 0 Å². The minimum Gasteiger partial charge on any atom is -0.352 e. The largest absolute Gasteiger partial charge is 0.352 e. The lowest BCUT2D eigenvalue weighted by Crippen LogP contribution is -2.38. The Labute approximate surface area is 105 Å². The van der Waals surface area contributed by atoms with E-state index in [1.165, 1.54) is 25.7 Å². The van der Waals surface area contributed by atoms with Crippen LogP contribution in [0.5, 0.6) is 0 Å². The summed E-state index contributed by atoms with van der Waals surface area (Å²) in [6.07, 6.45) is 5.22. The molecule has 15 heavy (non-hydrogen) atoms. The Morgan fingerprint density at radius 1 is 1.27 bits per heavy atom. The zero-order chi connectivity index (χ0) is 11.1. The number of hydrogen-bond donors (Lipinski definition) is 1. The second-order valence-corrected chi connectivity index (χ2v) is 6.92. The fraction of sp³-hybridized carbons (Fsp3) is 0.900. The van der Waals surface area contributed by atoms with Gasteiger partial charge in [-0.3, -0.25) is 4.79 Å². The van der Waals surface area contributed by atoms with Gasteiger partial charge >= 0.3 is 0 Å². The van der Waals surface area contributed by atoms with Crippen molar-refractivity contribution in [2.45, 2.75) is 29.5 Å². The van der Waals surface area contributed by atoms with Gasteiger partial charge in [-0.05, 0) is 37.0 Å². The first-order valence-electron chi connectivity index (χ1n) is 5.32. The average molecular weight is 271 g/mol. The molecule has 0 aromatic rings. The molecule has 2 aliphatic carbocycles. The van der Waals surface area contributed by atoms with Gasteiger partial charge in [0.05, 0.1) is 0 Å². The van der Waals surface area contributed by atoms with Crippen molar-refractivity contribution in [3.05, 3.63) is 0 Å². The summed E-state index contributed by atoms with van der Waals surface area (Å²) < 4.78 is -1.82. The Balaban J connectivity index is 1.77. The molecule has 0 heterocycles. The van der Waals surface area contributed by atoms with Crippen LogP contribution in [0, 0.1) is 17.8 Å². The highest BCUT2D eigenvalue weighted by atomic mass is 35.6. The lowest BCUT2D eigenvalue weighted by molar-refractivity contribution is -0.120. The van der Waals surface area contributed by atoms with Gasteiger partial charge in [0.1, 0.15) is 0 Å². The van der Waals surface area contributed by atoms with Gasteiger partial charge in [0.15, 0.2) is 0 Å². The first kappa shape index (κ1) is 11.8. The van der Waals surface area contributed by atoms with E-state index in [0.717, 1.165) is 11.8 Å². The molecule has 0 unspecified atom stereocenters. The number of carbonyl (C=O) groups excluding carboxylic acids is 1. The van der Waals surface area contributed by atoms with Gasteiger partial charge in [-0.2, -0.15) is 0 Å². The van der Waals surface area contributed by atoms with Crippen molar-refractivity contribution in [2.75, 3.05) is 6.54 Å². The first-order chi connectivity index (χ1) is 6.97. The molecule has 2 nitrogen and oxygen atoms in total. The molecule has 2 saturated carbocycles. The molecule has 2 rings (SSSR count). The van der Waals surface area contributed by atoms with E-state index in [9.17, 15) is 4.79 Å². The molecule has 0 saturated heterocycles. The van der Waals surface area contributed by atoms with Crippen LogP contribution >= 0.6 is 34.8 Å². The van der Waals surface area contributed by atoms with Gasteiger partial charge in [0.2, 0.25) is 0 Å². The Morgan fingerprint density at radius 2 is 2.00 bits per heavy atom. The van der Waals surface area contributed by atoms with E-state index < -0.39 is 9.70 Å². The molecule has 1 amide bonds. The lowest BCUT2D eigenvalue weighted by Gasteiger charge is -2.22. The van der Waals surface area contributed by atoms with Gasteiger partial charge in [0, 0.05) is 6.54 Å². The number of hydrogen-bond acceptors (Lipinski definition) is 1. The SMILES string of the molecule is O=C(NC[C@H]1C[C@@H]2CC[C@H]1C2)C(Cl)(Cl)Cl. The maximum Gasteiger partial charge on any atom is 0.272 e. The molecule has 0 spiro atoms. The second kappa shape index (κ2) is 4.31. The summed E-state index contributed by atoms with van der Waals surface area (Å²) in [6, 6.07) is 0. The number of rotatable bonds is 2. The van der Waals surface area contributed by atoms with E-state index in [1.54, 1.807) is 0 Å². The van der Waals surface area contributed by atoms with Crippen LogP contribution in [0.1, 0.15) is 25.7 Å². The van der Waals surface area contributed by atoms with Gasteiger partial charge in [-0.15, -0.1) is 0 Å². The maximum atomic E-state index is 11.3. The molecule has 3 atom stereocenters. The van der Waals surface area contributed by atoms with Crippen molar-refractivity contribution in [3.63, 3.8) is 0 Å². The second-order valence-electron chi connectivity index (χ2n) is 4.64. The number of nitrogens with one attached hydrogen (secondary N) is 1. The highest BCUT2D eigenvalue weighted by molar-refractivity contribution is 6.76. The smallest absolute Gasteiger partial charge is 0.272 e. The minimum absolute atomic E-state index is 0.504. The third-order valence-electron chi connectivity index (χ3n) is 3.67. The van der Waals surface area contributed by atoms with Crippen molar-refractivity contribution < 1.29 is 4.79 Å². The predicted octanol–water partition coefficient (Wildman–Crippen LogP) is 2.91. The number of amides is 1. The minimum atomic E-state index is -1.82. The van der Waals surface area contributed by atoms with Crippen molar-refractivity contribution >= 4 is 40.7 Å². The van der Waals surface area contributed by atoms with Crippen LogP contribution in [0.2, 0.25) is 0 Å². The summed E-state index contributed by atoms with van der Waals surface area (Å²) >= 11 is 16.4. The number of carbonyl (C=O) groups is 1. The molecular formula is C10H14Cl3NO. The molecule has 86 valence electrons. The quantitative estimate of drug-likeness (QED) is 0.768. The zero-order valence-electron chi connectivity index (χ0n) is 8.31. The Bertz CT molecular complexity index is 264. The third kappa shape index (κ3) is 2.72. The van der Waals surface area contributed by atoms with E-state index in [-0.39, 0.29) is 0 Å². The van der Waals surface area contributed by atoms with Crippen molar-refractivity contribution in [3.8, 4) is 0 Å². The van der Waals surface area contributed by atoms with Gasteiger partial charge in [-0.1, -0.05) is 41.2 Å². The van der Waals surface area contributed by atoms with Crippen LogP contribution in [0.15, 0.2) is 0 Å². The highest BCUT2D eigenvalue weighted by Gasteiger charge is 2.40. The summed E-state index contributed by atoms with van der Waals surface area (Å²) in [7, 11) is 0. The Morgan fingerprint density at radius 3 is 2.47 bits per heavy atom. The molecule has 0 radical (unpaired) electrons. The van der Waals surface area contributed by atoms with Crippen LogP contribution < -0.4 is 5.32 Å². The molecule has 2 bridgehead atoms. The van der Waals surface area contributed by atoms with Crippen LogP contribution in [-0.4, -0.2) is 16.2 Å². The molecular weight excluding hydrogens is 256 g/mol. The van der Waals surface area contributed by atoms with Gasteiger partial charge in [0.25, 0.3) is 9.70 Å². The third-order valence-corrected chi connectivity index (χ3v) is 4.18. The number of halogens is 3. The standard InChI is InChI=1S/C10H14Cl3NO/c11-10(12,13)9(15)14-5-8-4-6-1-2-7(8)3-6/h6-8H,1-5H2,(H,14,15)/t6-,7+,8-/m1/s1. The lowest BCUT2D eigenvalue weighted by atomic mass is 9.89. The molecule has 2 fully saturated rings. The highest BCUT2D eigenvalue weighted by Crippen LogP contribution is 2.48. The number of alkyl halides is 3. The molecule has 1 N–H and O–H groups in total. The summed E-state index contributed by atoms with van der Waals surface area (Å²) in [4.78, 5) is 11.3. The molecule has 0 aromatic carbocycles. The number of fused-ring (bicyclic) bond motifs is 2. The molecule has 5 heteroatoms. The monoisotopic (exact) mass is 269 g/mol. The molecule has 0 aromatic heterocycles. The molecule has 0 aliphatic heterocycles. The van der Waals surface area contributed by atoms with Crippen molar-refractivity contribution in [1.82, 2.24) is 5.32 Å². The normalized spacial score (nSPS) is 34.5. The average Bonchev–Trinajstić information content (AvgIpc) is 2.73. The summed E-state index contributed by atoms with van der Waals surface area (Å²) in [5.74, 6) is 1.76. The van der Waals surface area contributed by atoms with E-state index in [4.69, 9.17) is 34.8 Å². The summed E-state index contributed by atoms with van der Waals surface area (Å²) in [6.45, 7) is 0.661. The van der Waals surface area contributed by atoms with Gasteiger partial charge < -0.3 is 5.32 Å². The predicted molar refractivity (Wildman–Crippen MR) is 62.2 cm³/mol. The van der Waals surface area contributed by atoms with Gasteiger partial charge in [-0.25, -0.2) is 0 Å². The summed E-state index contributed by atoms with van der Waals surface area (Å²) in [5.41, 5.74) is 0. The van der Waals surface area contributed by atoms with Crippen molar-refractivity contribution in [2.24, 2.45) is 17.8 Å². The fourth-order valence-corrected chi connectivity index (χ4v) is 3.15. The van der Waals surface area contributed by atoms with Crippen molar-refractivity contribution in [1.29, 1.82) is 0 Å². The topological polar surface area (TPSA) is 29.1 Å². The fourth-order valence-electron chi connectivity index (χ4n) is 2.95. The molecule has 2 aliphatic rings. The van der Waals surface area contributed by atoms with E-state index in [1.807, 2.05) is 0 Å². The van der Waals surface area contributed by atoms with E-state index in [2.05, 4.69) is 5.32 Å².